The van der Waals surface area contributed by atoms with Gasteiger partial charge in [-0.15, -0.1) is 0 Å². The molecule has 1 aliphatic heterocycles. The Hall–Kier alpha value is -2.28. The Bertz CT molecular complexity index is 645. The lowest BCUT2D eigenvalue weighted by Gasteiger charge is -2.35. The van der Waals surface area contributed by atoms with Gasteiger partial charge in [-0.05, 0) is 18.2 Å². The summed E-state index contributed by atoms with van der Waals surface area (Å²) in [5, 5.41) is 13.0. The summed E-state index contributed by atoms with van der Waals surface area (Å²) >= 11 is 0. The second kappa shape index (κ2) is 4.68. The third-order valence-corrected chi connectivity index (χ3v) is 3.12. The number of benzene rings is 1. The van der Waals surface area contributed by atoms with E-state index in [0.717, 1.165) is 16.8 Å². The van der Waals surface area contributed by atoms with Gasteiger partial charge in [-0.3, -0.25) is 4.79 Å². The molecule has 20 heavy (non-hydrogen) atoms. The minimum absolute atomic E-state index is 0.0829. The van der Waals surface area contributed by atoms with Crippen molar-refractivity contribution in [3.8, 4) is 5.69 Å². The van der Waals surface area contributed by atoms with Crippen LogP contribution >= 0.6 is 0 Å². The molecule has 2 heterocycles. The fourth-order valence-electron chi connectivity index (χ4n) is 2.05. The number of amides is 1. The number of para-hydroxylation sites is 1. The van der Waals surface area contributed by atoms with Gasteiger partial charge < -0.3 is 10.0 Å². The molecule has 0 spiro atoms. The lowest BCUT2D eigenvalue weighted by atomic mass is 10.1. The average molecular weight is 279 g/mol. The van der Waals surface area contributed by atoms with Gasteiger partial charge in [0, 0.05) is 19.3 Å². The molecule has 1 fully saturated rings. The normalized spacial score (nSPS) is 15.2. The van der Waals surface area contributed by atoms with Gasteiger partial charge in [-0.2, -0.15) is 5.10 Å². The van der Waals surface area contributed by atoms with Crippen molar-refractivity contribution in [2.24, 2.45) is 0 Å². The van der Waals surface area contributed by atoms with Crippen LogP contribution in [0.15, 0.2) is 30.5 Å². The molecule has 1 aromatic heterocycles. The molecule has 1 aromatic carbocycles. The van der Waals surface area contributed by atoms with Crippen LogP contribution in [-0.2, 0) is 0 Å². The summed E-state index contributed by atoms with van der Waals surface area (Å²) in [5.74, 6) is -1.89. The number of aliphatic hydroxyl groups is 1. The second-order valence-electron chi connectivity index (χ2n) is 4.58. The average Bonchev–Trinajstić information content (AvgIpc) is 2.83. The van der Waals surface area contributed by atoms with E-state index >= 15 is 0 Å². The number of hydrogen-bond donors (Lipinski definition) is 1. The number of halogens is 2. The van der Waals surface area contributed by atoms with Gasteiger partial charge in [0.15, 0.2) is 17.3 Å². The van der Waals surface area contributed by atoms with Crippen molar-refractivity contribution in [3.63, 3.8) is 0 Å². The third-order valence-electron chi connectivity index (χ3n) is 3.12. The second-order valence-corrected chi connectivity index (χ2v) is 4.58. The number of carbonyl (C=O) groups is 1. The highest BCUT2D eigenvalue weighted by molar-refractivity contribution is 5.92. The van der Waals surface area contributed by atoms with E-state index in [1.807, 2.05) is 0 Å². The smallest absolute Gasteiger partial charge is 0.274 e. The molecular formula is C13H11F2N3O2. The van der Waals surface area contributed by atoms with E-state index in [2.05, 4.69) is 5.10 Å². The van der Waals surface area contributed by atoms with Gasteiger partial charge in [0.05, 0.1) is 6.10 Å². The van der Waals surface area contributed by atoms with Gasteiger partial charge in [0.2, 0.25) is 0 Å². The summed E-state index contributed by atoms with van der Waals surface area (Å²) in [7, 11) is 0. The lowest BCUT2D eigenvalue weighted by molar-refractivity contribution is 0.00547. The van der Waals surface area contributed by atoms with E-state index in [0.29, 0.717) is 0 Å². The first-order chi connectivity index (χ1) is 9.56. The first-order valence-electron chi connectivity index (χ1n) is 6.03. The number of likely N-dealkylation sites (tertiary alicyclic amines) is 1. The fraction of sp³-hybridized carbons (Fsp3) is 0.231. The molecule has 0 bridgehead atoms. The van der Waals surface area contributed by atoms with Crippen LogP contribution in [0.5, 0.6) is 0 Å². The van der Waals surface area contributed by atoms with Crippen molar-refractivity contribution >= 4 is 5.91 Å². The molecule has 1 amide bonds. The van der Waals surface area contributed by atoms with Crippen molar-refractivity contribution < 1.29 is 18.7 Å². The number of hydrogen-bond acceptors (Lipinski definition) is 3. The van der Waals surface area contributed by atoms with Crippen molar-refractivity contribution in [1.82, 2.24) is 14.7 Å². The maximum absolute atomic E-state index is 13.6. The van der Waals surface area contributed by atoms with Crippen molar-refractivity contribution in [1.29, 1.82) is 0 Å². The summed E-state index contributed by atoms with van der Waals surface area (Å²) in [5.41, 5.74) is -0.241. The molecule has 0 radical (unpaired) electrons. The van der Waals surface area contributed by atoms with Crippen LogP contribution in [0.4, 0.5) is 8.78 Å². The van der Waals surface area contributed by atoms with E-state index in [1.54, 1.807) is 0 Å². The molecule has 0 atom stereocenters. The minimum Gasteiger partial charge on any atom is -0.389 e. The third kappa shape index (κ3) is 2.05. The number of aliphatic hydroxyl groups excluding tert-OH is 1. The Morgan fingerprint density at radius 2 is 1.90 bits per heavy atom. The highest BCUT2D eigenvalue weighted by atomic mass is 19.1. The van der Waals surface area contributed by atoms with Crippen LogP contribution in [0.2, 0.25) is 0 Å². The van der Waals surface area contributed by atoms with Crippen LogP contribution in [0, 0.1) is 11.6 Å². The maximum Gasteiger partial charge on any atom is 0.274 e. The maximum atomic E-state index is 13.6. The topological polar surface area (TPSA) is 58.4 Å². The molecule has 1 saturated heterocycles. The van der Waals surface area contributed by atoms with Gasteiger partial charge in [-0.1, -0.05) is 6.07 Å². The van der Waals surface area contributed by atoms with Gasteiger partial charge >= 0.3 is 0 Å². The summed E-state index contributed by atoms with van der Waals surface area (Å²) in [4.78, 5) is 13.4. The SMILES string of the molecule is O=C(c1ccn(-c2c(F)cccc2F)n1)N1CC(O)C1. The molecule has 5 nitrogen and oxygen atoms in total. The highest BCUT2D eigenvalue weighted by Crippen LogP contribution is 2.18. The Morgan fingerprint density at radius 3 is 2.50 bits per heavy atom. The number of β-amino-alcohol motifs (C(OH)–C–C–N with tert-alkyl or cyclic N) is 1. The molecular weight excluding hydrogens is 268 g/mol. The van der Waals surface area contributed by atoms with E-state index in [-0.39, 0.29) is 30.4 Å². The first kappa shape index (κ1) is 12.7. The van der Waals surface area contributed by atoms with Gasteiger partial charge in [0.25, 0.3) is 5.91 Å². The first-order valence-corrected chi connectivity index (χ1v) is 6.03. The molecule has 0 unspecified atom stereocenters. The molecule has 1 N–H and O–H groups in total. The fourth-order valence-corrected chi connectivity index (χ4v) is 2.05. The Kier molecular flexibility index (Phi) is 2.98. The number of rotatable bonds is 2. The van der Waals surface area contributed by atoms with Crippen molar-refractivity contribution in [2.75, 3.05) is 13.1 Å². The molecule has 2 aromatic rings. The predicted octanol–water partition coefficient (Wildman–Crippen LogP) is 0.967. The zero-order valence-corrected chi connectivity index (χ0v) is 10.3. The minimum atomic E-state index is -0.758. The summed E-state index contributed by atoms with van der Waals surface area (Å²) in [6.45, 7) is 0.500. The van der Waals surface area contributed by atoms with Crippen LogP contribution in [0.1, 0.15) is 10.5 Å². The van der Waals surface area contributed by atoms with Crippen LogP contribution in [0.3, 0.4) is 0 Å². The zero-order valence-electron chi connectivity index (χ0n) is 10.3. The van der Waals surface area contributed by atoms with Crippen molar-refractivity contribution in [3.05, 3.63) is 47.8 Å². The monoisotopic (exact) mass is 279 g/mol. The van der Waals surface area contributed by atoms with E-state index < -0.39 is 17.7 Å². The van der Waals surface area contributed by atoms with Crippen molar-refractivity contribution in [2.45, 2.75) is 6.10 Å². The molecule has 0 saturated carbocycles. The van der Waals surface area contributed by atoms with Crippen LogP contribution in [0.25, 0.3) is 5.69 Å². The predicted molar refractivity (Wildman–Crippen MR) is 65.4 cm³/mol. The molecule has 7 heteroatoms. The molecule has 1 aliphatic rings. The Morgan fingerprint density at radius 1 is 1.25 bits per heavy atom. The number of aromatic nitrogens is 2. The van der Waals surface area contributed by atoms with Gasteiger partial charge in [0.1, 0.15) is 5.69 Å². The summed E-state index contributed by atoms with van der Waals surface area (Å²) in [6, 6.07) is 4.88. The lowest BCUT2D eigenvalue weighted by Crippen LogP contribution is -2.53. The van der Waals surface area contributed by atoms with Crippen LogP contribution < -0.4 is 0 Å². The number of carbonyl (C=O) groups excluding carboxylic acids is 1. The summed E-state index contributed by atoms with van der Waals surface area (Å²) in [6.07, 6.45) is 0.815. The molecule has 0 aliphatic carbocycles. The van der Waals surface area contributed by atoms with Crippen LogP contribution in [-0.4, -0.2) is 44.9 Å². The zero-order chi connectivity index (χ0) is 14.3. The van der Waals surface area contributed by atoms with Gasteiger partial charge in [-0.25, -0.2) is 13.5 Å². The quantitative estimate of drug-likeness (QED) is 0.891. The standard InChI is InChI=1S/C13H11F2N3O2/c14-9-2-1-3-10(15)12(9)18-5-4-11(16-18)13(20)17-6-8(19)7-17/h1-5,8,19H,6-7H2. The Labute approximate surface area is 113 Å². The highest BCUT2D eigenvalue weighted by Gasteiger charge is 2.30. The van der Waals surface area contributed by atoms with E-state index in [4.69, 9.17) is 5.11 Å². The summed E-state index contributed by atoms with van der Waals surface area (Å²) < 4.78 is 28.2. The van der Waals surface area contributed by atoms with E-state index in [1.165, 1.54) is 23.2 Å². The molecule has 104 valence electrons. The largest absolute Gasteiger partial charge is 0.389 e. The number of nitrogens with zero attached hydrogens (tertiary/aromatic N) is 3. The molecule has 3 rings (SSSR count). The Balaban J connectivity index is 1.89. The van der Waals surface area contributed by atoms with E-state index in [9.17, 15) is 13.6 Å².